The van der Waals surface area contributed by atoms with Gasteiger partial charge in [0.05, 0.1) is 5.56 Å². The number of benzene rings is 1. The highest BCUT2D eigenvalue weighted by Gasteiger charge is 2.22. The highest BCUT2D eigenvalue weighted by molar-refractivity contribution is 5.87. The minimum absolute atomic E-state index is 0.00136. The highest BCUT2D eigenvalue weighted by Crippen LogP contribution is 2.23. The van der Waals surface area contributed by atoms with E-state index < -0.39 is 11.8 Å². The minimum Gasteiger partial charge on any atom is -0.478 e. The SMILES string of the molecule is O=C(O)c1ccc(C2CNC2)c(F)c1. The summed E-state index contributed by atoms with van der Waals surface area (Å²) in [6.45, 7) is 1.53. The van der Waals surface area contributed by atoms with E-state index in [4.69, 9.17) is 5.11 Å². The lowest BCUT2D eigenvalue weighted by Gasteiger charge is -2.27. The van der Waals surface area contributed by atoms with E-state index in [0.717, 1.165) is 19.2 Å². The second-order valence-corrected chi connectivity index (χ2v) is 3.40. The molecule has 2 N–H and O–H groups in total. The molecule has 0 radical (unpaired) electrons. The minimum atomic E-state index is -1.10. The van der Waals surface area contributed by atoms with Crippen LogP contribution in [0.5, 0.6) is 0 Å². The number of halogens is 1. The van der Waals surface area contributed by atoms with E-state index in [-0.39, 0.29) is 11.5 Å². The van der Waals surface area contributed by atoms with Crippen LogP contribution in [0.15, 0.2) is 18.2 Å². The summed E-state index contributed by atoms with van der Waals surface area (Å²) in [5, 5.41) is 11.7. The maximum Gasteiger partial charge on any atom is 0.335 e. The Kier molecular flexibility index (Phi) is 2.21. The first-order valence-electron chi connectivity index (χ1n) is 4.42. The van der Waals surface area contributed by atoms with E-state index in [9.17, 15) is 9.18 Å². The van der Waals surface area contributed by atoms with E-state index in [2.05, 4.69) is 5.32 Å². The Balaban J connectivity index is 2.30. The summed E-state index contributed by atoms with van der Waals surface area (Å²) in [6.07, 6.45) is 0. The molecular weight excluding hydrogens is 185 g/mol. The van der Waals surface area contributed by atoms with Crippen molar-refractivity contribution in [2.24, 2.45) is 0 Å². The van der Waals surface area contributed by atoms with Crippen LogP contribution in [0, 0.1) is 5.82 Å². The first-order chi connectivity index (χ1) is 6.68. The second-order valence-electron chi connectivity index (χ2n) is 3.40. The molecule has 1 aromatic rings. The number of rotatable bonds is 2. The molecule has 1 saturated heterocycles. The van der Waals surface area contributed by atoms with Crippen molar-refractivity contribution in [2.45, 2.75) is 5.92 Å². The molecule has 1 aliphatic heterocycles. The molecule has 0 bridgehead atoms. The molecule has 1 heterocycles. The normalized spacial score (nSPS) is 16.4. The monoisotopic (exact) mass is 195 g/mol. The van der Waals surface area contributed by atoms with E-state index in [1.54, 1.807) is 6.07 Å². The summed E-state index contributed by atoms with van der Waals surface area (Å²) in [5.41, 5.74) is 0.604. The summed E-state index contributed by atoms with van der Waals surface area (Å²) >= 11 is 0. The van der Waals surface area contributed by atoms with Crippen molar-refractivity contribution in [1.29, 1.82) is 0 Å². The van der Waals surface area contributed by atoms with Crippen LogP contribution < -0.4 is 5.32 Å². The van der Waals surface area contributed by atoms with Gasteiger partial charge in [-0.2, -0.15) is 0 Å². The Morgan fingerprint density at radius 3 is 2.64 bits per heavy atom. The Morgan fingerprint density at radius 1 is 1.50 bits per heavy atom. The fraction of sp³-hybridized carbons (Fsp3) is 0.300. The number of nitrogens with one attached hydrogen (secondary N) is 1. The van der Waals surface area contributed by atoms with E-state index >= 15 is 0 Å². The number of hydrogen-bond acceptors (Lipinski definition) is 2. The van der Waals surface area contributed by atoms with Crippen LogP contribution in [-0.4, -0.2) is 24.2 Å². The number of carboxylic acids is 1. The molecule has 1 aromatic carbocycles. The van der Waals surface area contributed by atoms with Crippen molar-refractivity contribution >= 4 is 5.97 Å². The van der Waals surface area contributed by atoms with Crippen LogP contribution in [0.25, 0.3) is 0 Å². The van der Waals surface area contributed by atoms with Gasteiger partial charge in [-0.05, 0) is 17.7 Å². The van der Waals surface area contributed by atoms with Gasteiger partial charge in [0.2, 0.25) is 0 Å². The maximum atomic E-state index is 13.4. The molecule has 3 nitrogen and oxygen atoms in total. The van der Waals surface area contributed by atoms with E-state index in [0.29, 0.717) is 5.56 Å². The average Bonchev–Trinajstić information content (AvgIpc) is 2.04. The summed E-state index contributed by atoms with van der Waals surface area (Å²) in [5.74, 6) is -1.32. The van der Waals surface area contributed by atoms with Gasteiger partial charge in [0.25, 0.3) is 0 Å². The number of carbonyl (C=O) groups is 1. The molecule has 0 aliphatic carbocycles. The predicted octanol–water partition coefficient (Wildman–Crippen LogP) is 1.21. The summed E-state index contributed by atoms with van der Waals surface area (Å²) in [7, 11) is 0. The molecule has 1 fully saturated rings. The van der Waals surface area contributed by atoms with Gasteiger partial charge >= 0.3 is 5.97 Å². The van der Waals surface area contributed by atoms with Gasteiger partial charge in [0, 0.05) is 19.0 Å². The van der Waals surface area contributed by atoms with Crippen LogP contribution in [0.2, 0.25) is 0 Å². The molecule has 2 rings (SSSR count). The maximum absolute atomic E-state index is 13.4. The van der Waals surface area contributed by atoms with E-state index in [1.165, 1.54) is 6.07 Å². The van der Waals surface area contributed by atoms with Gasteiger partial charge in [-0.15, -0.1) is 0 Å². The Morgan fingerprint density at radius 2 is 2.21 bits per heavy atom. The first-order valence-corrected chi connectivity index (χ1v) is 4.42. The van der Waals surface area contributed by atoms with E-state index in [1.807, 2.05) is 0 Å². The molecule has 0 unspecified atom stereocenters. The van der Waals surface area contributed by atoms with Gasteiger partial charge in [0.1, 0.15) is 5.82 Å². The Bertz CT molecular complexity index is 374. The number of carboxylic acid groups (broad SMARTS) is 1. The third-order valence-corrected chi connectivity index (χ3v) is 2.47. The van der Waals surface area contributed by atoms with Crippen molar-refractivity contribution in [3.8, 4) is 0 Å². The zero-order chi connectivity index (χ0) is 10.1. The summed E-state index contributed by atoms with van der Waals surface area (Å²) in [4.78, 5) is 10.5. The van der Waals surface area contributed by atoms with Crippen LogP contribution in [0.1, 0.15) is 21.8 Å². The molecule has 0 amide bonds. The standard InChI is InChI=1S/C10H10FNO2/c11-9-3-6(10(13)14)1-2-8(9)7-4-12-5-7/h1-3,7,12H,4-5H2,(H,13,14). The third-order valence-electron chi connectivity index (χ3n) is 2.47. The van der Waals surface area contributed by atoms with Gasteiger partial charge in [-0.3, -0.25) is 0 Å². The smallest absolute Gasteiger partial charge is 0.335 e. The Labute approximate surface area is 80.6 Å². The summed E-state index contributed by atoms with van der Waals surface area (Å²) < 4.78 is 13.4. The van der Waals surface area contributed by atoms with Gasteiger partial charge in [-0.25, -0.2) is 9.18 Å². The molecule has 0 aromatic heterocycles. The zero-order valence-electron chi connectivity index (χ0n) is 7.46. The van der Waals surface area contributed by atoms with Crippen molar-refractivity contribution in [2.75, 3.05) is 13.1 Å². The fourth-order valence-corrected chi connectivity index (χ4v) is 1.50. The molecular formula is C10H10FNO2. The second kappa shape index (κ2) is 3.38. The quantitative estimate of drug-likeness (QED) is 0.745. The lowest BCUT2D eigenvalue weighted by molar-refractivity contribution is 0.0696. The summed E-state index contributed by atoms with van der Waals surface area (Å²) in [6, 6.07) is 4.08. The average molecular weight is 195 g/mol. The molecule has 0 atom stereocenters. The molecule has 14 heavy (non-hydrogen) atoms. The van der Waals surface area contributed by atoms with Gasteiger partial charge in [0.15, 0.2) is 0 Å². The van der Waals surface area contributed by atoms with Crippen LogP contribution in [-0.2, 0) is 0 Å². The van der Waals surface area contributed by atoms with Gasteiger partial charge in [-0.1, -0.05) is 6.07 Å². The van der Waals surface area contributed by atoms with Crippen molar-refractivity contribution in [3.63, 3.8) is 0 Å². The van der Waals surface area contributed by atoms with Gasteiger partial charge < -0.3 is 10.4 Å². The van der Waals surface area contributed by atoms with Crippen LogP contribution >= 0.6 is 0 Å². The molecule has 4 heteroatoms. The molecule has 74 valence electrons. The Hall–Kier alpha value is -1.42. The molecule has 0 spiro atoms. The topological polar surface area (TPSA) is 49.3 Å². The first kappa shape index (κ1) is 9.15. The third kappa shape index (κ3) is 1.48. The molecule has 0 saturated carbocycles. The highest BCUT2D eigenvalue weighted by atomic mass is 19.1. The number of aromatic carboxylic acids is 1. The molecule has 1 aliphatic rings. The lowest BCUT2D eigenvalue weighted by atomic mass is 9.92. The number of hydrogen-bond donors (Lipinski definition) is 2. The van der Waals surface area contributed by atoms with Crippen LogP contribution in [0.4, 0.5) is 4.39 Å². The van der Waals surface area contributed by atoms with Crippen molar-refractivity contribution < 1.29 is 14.3 Å². The van der Waals surface area contributed by atoms with Crippen molar-refractivity contribution in [3.05, 3.63) is 35.1 Å². The zero-order valence-corrected chi connectivity index (χ0v) is 7.46. The largest absolute Gasteiger partial charge is 0.478 e. The lowest BCUT2D eigenvalue weighted by Crippen LogP contribution is -2.40. The predicted molar refractivity (Wildman–Crippen MR) is 49.0 cm³/mol. The fourth-order valence-electron chi connectivity index (χ4n) is 1.50. The van der Waals surface area contributed by atoms with Crippen molar-refractivity contribution in [1.82, 2.24) is 5.32 Å². The van der Waals surface area contributed by atoms with Crippen LogP contribution in [0.3, 0.4) is 0 Å².